The maximum atomic E-state index is 10.3. The summed E-state index contributed by atoms with van der Waals surface area (Å²) >= 11 is 0. The molecule has 2 aromatic carbocycles. The van der Waals surface area contributed by atoms with Gasteiger partial charge in [-0.2, -0.15) is 0 Å². The second-order valence-electron chi connectivity index (χ2n) is 3.84. The fraction of sp³-hybridized carbons (Fsp3) is 0.286. The van der Waals surface area contributed by atoms with Gasteiger partial charge in [0.05, 0.1) is 6.61 Å². The first-order chi connectivity index (χ1) is 7.40. The fourth-order valence-corrected chi connectivity index (χ4v) is 1.83. The monoisotopic (exact) mass is 199 g/mol. The number of hydrogen-bond donors (Lipinski definition) is 0. The van der Waals surface area contributed by atoms with Crippen LogP contribution in [0.5, 0.6) is 0 Å². The van der Waals surface area contributed by atoms with Crippen molar-refractivity contribution in [3.8, 4) is 0 Å². The van der Waals surface area contributed by atoms with Crippen molar-refractivity contribution in [1.82, 2.24) is 0 Å². The van der Waals surface area contributed by atoms with Crippen LogP contribution in [0.25, 0.3) is 10.8 Å². The van der Waals surface area contributed by atoms with Gasteiger partial charge in [0.25, 0.3) is 0 Å². The molecule has 0 fully saturated rings. The minimum absolute atomic E-state index is 0.0492. The van der Waals surface area contributed by atoms with E-state index in [2.05, 4.69) is 42.5 Å². The number of unbranched alkanes of at least 4 members (excludes halogenated alkanes) is 1. The Morgan fingerprint density at radius 3 is 2.47 bits per heavy atom. The fourth-order valence-electron chi connectivity index (χ4n) is 1.83. The van der Waals surface area contributed by atoms with E-state index in [1.54, 1.807) is 0 Å². The van der Waals surface area contributed by atoms with Crippen molar-refractivity contribution in [2.45, 2.75) is 19.3 Å². The molecule has 77 valence electrons. The predicted octanol–water partition coefficient (Wildman–Crippen LogP) is 3.59. The van der Waals surface area contributed by atoms with Crippen LogP contribution in [-0.2, 0) is 11.5 Å². The van der Waals surface area contributed by atoms with Gasteiger partial charge in [0.15, 0.2) is 0 Å². The molecule has 0 N–H and O–H groups in total. The molecule has 0 aliphatic carbocycles. The van der Waals surface area contributed by atoms with Gasteiger partial charge in [-0.3, -0.25) is 0 Å². The molecule has 0 heterocycles. The molecule has 1 heteroatoms. The standard InChI is InChI=1S/C14H15O/c15-10-4-3-5-12-8-9-13-6-1-2-7-14(13)11-12/h1-2,6-9,11H,3-5,10H2. The summed E-state index contributed by atoms with van der Waals surface area (Å²) < 4.78 is 0. The normalized spacial score (nSPS) is 10.7. The molecule has 0 aliphatic heterocycles. The molecular formula is C14H15O. The van der Waals surface area contributed by atoms with E-state index < -0.39 is 0 Å². The number of hydrogen-bond acceptors (Lipinski definition) is 0. The molecule has 0 bridgehead atoms. The third-order valence-corrected chi connectivity index (χ3v) is 2.67. The lowest BCUT2D eigenvalue weighted by atomic mass is 10.0. The molecule has 0 aliphatic rings. The lowest BCUT2D eigenvalue weighted by Crippen LogP contribution is -1.87. The first kappa shape index (κ1) is 10.2. The average molecular weight is 199 g/mol. The van der Waals surface area contributed by atoms with Crippen molar-refractivity contribution in [2.24, 2.45) is 0 Å². The molecule has 0 unspecified atom stereocenters. The third-order valence-electron chi connectivity index (χ3n) is 2.67. The van der Waals surface area contributed by atoms with Crippen LogP contribution in [-0.4, -0.2) is 6.61 Å². The zero-order valence-corrected chi connectivity index (χ0v) is 8.78. The maximum absolute atomic E-state index is 10.3. The van der Waals surface area contributed by atoms with Gasteiger partial charge >= 0.3 is 0 Å². The number of fused-ring (bicyclic) bond motifs is 1. The van der Waals surface area contributed by atoms with Crippen LogP contribution in [0.4, 0.5) is 0 Å². The Bertz CT molecular complexity index is 434. The summed E-state index contributed by atoms with van der Waals surface area (Å²) in [5.74, 6) is 0. The molecule has 0 spiro atoms. The molecule has 0 atom stereocenters. The summed E-state index contributed by atoms with van der Waals surface area (Å²) in [6, 6.07) is 14.9. The highest BCUT2D eigenvalue weighted by Crippen LogP contribution is 2.16. The highest BCUT2D eigenvalue weighted by atomic mass is 16.2. The minimum atomic E-state index is 0.0492. The van der Waals surface area contributed by atoms with Crippen LogP contribution in [0.1, 0.15) is 18.4 Å². The van der Waals surface area contributed by atoms with Crippen molar-refractivity contribution in [3.05, 3.63) is 48.0 Å². The number of benzene rings is 2. The Labute approximate surface area is 90.4 Å². The summed E-state index contributed by atoms with van der Waals surface area (Å²) in [4.78, 5) is 0. The lowest BCUT2D eigenvalue weighted by Gasteiger charge is -2.02. The molecule has 2 aromatic rings. The first-order valence-corrected chi connectivity index (χ1v) is 5.46. The Balaban J connectivity index is 2.16. The van der Waals surface area contributed by atoms with Gasteiger partial charge in [0.1, 0.15) is 0 Å². The molecule has 2 rings (SSSR count). The van der Waals surface area contributed by atoms with Crippen LogP contribution in [0.2, 0.25) is 0 Å². The van der Waals surface area contributed by atoms with E-state index in [9.17, 15) is 5.11 Å². The molecule has 1 nitrogen and oxygen atoms in total. The zero-order valence-electron chi connectivity index (χ0n) is 8.78. The second kappa shape index (κ2) is 4.94. The van der Waals surface area contributed by atoms with Gasteiger partial charge in [0.2, 0.25) is 0 Å². The smallest absolute Gasteiger partial charge is 0.0822 e. The summed E-state index contributed by atoms with van der Waals surface area (Å²) in [5.41, 5.74) is 1.34. The Morgan fingerprint density at radius 2 is 1.67 bits per heavy atom. The molecule has 0 saturated heterocycles. The molecule has 0 aromatic heterocycles. The van der Waals surface area contributed by atoms with Gasteiger partial charge < -0.3 is 0 Å². The summed E-state index contributed by atoms with van der Waals surface area (Å²) in [6.07, 6.45) is 2.81. The van der Waals surface area contributed by atoms with Crippen molar-refractivity contribution in [3.63, 3.8) is 0 Å². The molecule has 1 radical (unpaired) electrons. The molecule has 0 amide bonds. The Kier molecular flexibility index (Phi) is 3.36. The van der Waals surface area contributed by atoms with Crippen LogP contribution in [0, 0.1) is 0 Å². The van der Waals surface area contributed by atoms with Crippen molar-refractivity contribution >= 4 is 10.8 Å². The number of aryl methyl sites for hydroxylation is 1. The summed E-state index contributed by atoms with van der Waals surface area (Å²) in [6.45, 7) is 0.0492. The van der Waals surface area contributed by atoms with Crippen LogP contribution in [0.3, 0.4) is 0 Å². The number of rotatable bonds is 4. The Morgan fingerprint density at radius 1 is 0.867 bits per heavy atom. The quantitative estimate of drug-likeness (QED) is 0.670. The van der Waals surface area contributed by atoms with E-state index >= 15 is 0 Å². The zero-order chi connectivity index (χ0) is 10.5. The van der Waals surface area contributed by atoms with E-state index in [0.29, 0.717) is 0 Å². The summed E-state index contributed by atoms with van der Waals surface area (Å²) in [5, 5.41) is 12.9. The Hall–Kier alpha value is -1.34. The molecule has 0 saturated carbocycles. The van der Waals surface area contributed by atoms with Crippen LogP contribution in [0.15, 0.2) is 42.5 Å². The highest BCUT2D eigenvalue weighted by molar-refractivity contribution is 5.82. The van der Waals surface area contributed by atoms with Gasteiger partial charge in [-0.15, -0.1) is 0 Å². The van der Waals surface area contributed by atoms with Gasteiger partial charge in [-0.1, -0.05) is 42.5 Å². The SMILES string of the molecule is [O]CCCCc1ccc2ccccc2c1. The summed E-state index contributed by atoms with van der Waals surface area (Å²) in [7, 11) is 0. The van der Waals surface area contributed by atoms with Gasteiger partial charge in [0, 0.05) is 0 Å². The molecular weight excluding hydrogens is 184 g/mol. The van der Waals surface area contributed by atoms with Gasteiger partial charge in [-0.05, 0) is 35.6 Å². The van der Waals surface area contributed by atoms with Crippen molar-refractivity contribution < 1.29 is 5.11 Å². The predicted molar refractivity (Wildman–Crippen MR) is 62.4 cm³/mol. The average Bonchev–Trinajstić information content (AvgIpc) is 2.29. The van der Waals surface area contributed by atoms with Gasteiger partial charge in [-0.25, -0.2) is 5.11 Å². The van der Waals surface area contributed by atoms with Crippen LogP contribution < -0.4 is 0 Å². The maximum Gasteiger partial charge on any atom is 0.0822 e. The van der Waals surface area contributed by atoms with E-state index in [4.69, 9.17) is 0 Å². The molecule has 15 heavy (non-hydrogen) atoms. The third kappa shape index (κ3) is 2.57. The second-order valence-corrected chi connectivity index (χ2v) is 3.84. The van der Waals surface area contributed by atoms with Crippen molar-refractivity contribution in [1.29, 1.82) is 0 Å². The highest BCUT2D eigenvalue weighted by Gasteiger charge is 1.96. The van der Waals surface area contributed by atoms with E-state index in [1.807, 2.05) is 0 Å². The first-order valence-electron chi connectivity index (χ1n) is 5.46. The topological polar surface area (TPSA) is 19.9 Å². The lowest BCUT2D eigenvalue weighted by molar-refractivity contribution is 0.187. The van der Waals surface area contributed by atoms with Crippen molar-refractivity contribution in [2.75, 3.05) is 6.61 Å². The van der Waals surface area contributed by atoms with E-state index in [1.165, 1.54) is 16.3 Å². The van der Waals surface area contributed by atoms with E-state index in [0.717, 1.165) is 19.3 Å². The van der Waals surface area contributed by atoms with E-state index in [-0.39, 0.29) is 6.61 Å². The largest absolute Gasteiger partial charge is 0.237 e. The minimum Gasteiger partial charge on any atom is -0.237 e. The van der Waals surface area contributed by atoms with Crippen LogP contribution >= 0.6 is 0 Å².